The molecule has 17 nitrogen and oxygen atoms in total. The number of rotatable bonds is 10. The molecule has 284 valence electrons. The highest BCUT2D eigenvalue weighted by molar-refractivity contribution is 5.94. The Morgan fingerprint density at radius 2 is 1.64 bits per heavy atom. The van der Waals surface area contributed by atoms with Crippen LogP contribution in [0.1, 0.15) is 36.8 Å². The summed E-state index contributed by atoms with van der Waals surface area (Å²) in [6, 6.07) is 9.76. The zero-order valence-corrected chi connectivity index (χ0v) is 29.1. The van der Waals surface area contributed by atoms with Gasteiger partial charge in [-0.05, 0) is 55.4 Å². The molecular weight excluding hydrogens is 686 g/mol. The summed E-state index contributed by atoms with van der Waals surface area (Å²) in [7, 11) is 0. The molecule has 2 heterocycles. The summed E-state index contributed by atoms with van der Waals surface area (Å²) >= 11 is 0. The van der Waals surface area contributed by atoms with E-state index in [0.29, 0.717) is 24.0 Å². The standard InChI is InChI=1S/C36H47N9O8/c37-36(38)39-16-4-8-26-31(49)34(52)44-27(19-22-6-2-1-3-7-22)32(50)42-24(18-23-10-13-25(47)14-11-23)12-15-30(48)40-20-28(41-21-46)35(53)45-17-5-9-29(45)33(51)43-26/h1-3,6-7,10-15,21,24,26-29,31,47,49H,4-5,8-9,16-20H2,(H,40,48)(H,41,46)(H,42,50)(H,43,51)(H,44,52)(H4,37,38,39)/b15-12+/t24?,26?,27-,28+,29+,31-/m1/s1. The van der Waals surface area contributed by atoms with Gasteiger partial charge >= 0.3 is 0 Å². The van der Waals surface area contributed by atoms with Crippen LogP contribution in [0.3, 0.4) is 0 Å². The third-order valence-corrected chi connectivity index (χ3v) is 8.95. The summed E-state index contributed by atoms with van der Waals surface area (Å²) in [6.45, 7) is 0.0228. The Bertz CT molecular complexity index is 1650. The van der Waals surface area contributed by atoms with E-state index in [-0.39, 0.29) is 63.4 Å². The van der Waals surface area contributed by atoms with Crippen LogP contribution in [0, 0.1) is 0 Å². The van der Waals surface area contributed by atoms with Crippen LogP contribution in [0.25, 0.3) is 0 Å². The lowest BCUT2D eigenvalue weighted by Crippen LogP contribution is -2.59. The van der Waals surface area contributed by atoms with Crippen molar-refractivity contribution in [3.63, 3.8) is 0 Å². The Morgan fingerprint density at radius 1 is 0.925 bits per heavy atom. The molecule has 6 amide bonds. The quantitative estimate of drug-likeness (QED) is 0.0552. The predicted molar refractivity (Wildman–Crippen MR) is 194 cm³/mol. The van der Waals surface area contributed by atoms with Crippen molar-refractivity contribution in [1.29, 1.82) is 0 Å². The van der Waals surface area contributed by atoms with Crippen LogP contribution >= 0.6 is 0 Å². The minimum Gasteiger partial charge on any atom is -0.508 e. The molecular formula is C36H47N9O8. The van der Waals surface area contributed by atoms with E-state index in [2.05, 4.69) is 31.6 Å². The van der Waals surface area contributed by atoms with Crippen LogP contribution in [-0.2, 0) is 41.6 Å². The number of amides is 6. The number of hydrogen-bond donors (Lipinski definition) is 9. The van der Waals surface area contributed by atoms with Crippen LogP contribution < -0.4 is 38.1 Å². The molecule has 0 radical (unpaired) electrons. The summed E-state index contributed by atoms with van der Waals surface area (Å²) in [4.78, 5) is 84.7. The summed E-state index contributed by atoms with van der Waals surface area (Å²) < 4.78 is 0. The van der Waals surface area contributed by atoms with Crippen molar-refractivity contribution in [2.75, 3.05) is 19.6 Å². The van der Waals surface area contributed by atoms with Gasteiger partial charge in [0.2, 0.25) is 30.0 Å². The number of aliphatic imine (C=N–C) groups is 1. The van der Waals surface area contributed by atoms with Crippen LogP contribution in [-0.4, -0.2) is 113 Å². The van der Waals surface area contributed by atoms with E-state index in [1.54, 1.807) is 42.5 Å². The number of carbonyl (C=O) groups excluding carboxylic acids is 6. The Morgan fingerprint density at radius 3 is 2.34 bits per heavy atom. The highest BCUT2D eigenvalue weighted by Crippen LogP contribution is 2.20. The summed E-state index contributed by atoms with van der Waals surface area (Å²) in [5.41, 5.74) is 12.3. The molecule has 17 heteroatoms. The lowest BCUT2D eigenvalue weighted by molar-refractivity contribution is -0.142. The number of nitrogens with two attached hydrogens (primary N) is 2. The van der Waals surface area contributed by atoms with E-state index >= 15 is 0 Å². The second-order valence-electron chi connectivity index (χ2n) is 12.9. The van der Waals surface area contributed by atoms with Gasteiger partial charge in [-0.25, -0.2) is 0 Å². The van der Waals surface area contributed by atoms with Gasteiger partial charge in [0.25, 0.3) is 5.91 Å². The van der Waals surface area contributed by atoms with Crippen LogP contribution in [0.4, 0.5) is 0 Å². The Labute approximate surface area is 306 Å². The van der Waals surface area contributed by atoms with Gasteiger partial charge in [-0.15, -0.1) is 0 Å². The number of benzene rings is 2. The van der Waals surface area contributed by atoms with Crippen molar-refractivity contribution in [2.45, 2.75) is 74.8 Å². The maximum absolute atomic E-state index is 14.0. The van der Waals surface area contributed by atoms with E-state index in [4.69, 9.17) is 11.5 Å². The highest BCUT2D eigenvalue weighted by atomic mass is 16.3. The topological polar surface area (TPSA) is 271 Å². The average Bonchev–Trinajstić information content (AvgIpc) is 3.64. The zero-order chi connectivity index (χ0) is 38.3. The number of carbonyl (C=O) groups is 6. The number of fused-ring (bicyclic) bond motifs is 1. The lowest BCUT2D eigenvalue weighted by Gasteiger charge is -2.31. The van der Waals surface area contributed by atoms with Gasteiger partial charge in [0.15, 0.2) is 12.1 Å². The minimum atomic E-state index is -1.84. The van der Waals surface area contributed by atoms with Gasteiger partial charge in [0, 0.05) is 32.1 Å². The number of phenolic OH excluding ortho intramolecular Hbond substituents is 1. The first kappa shape index (κ1) is 39.8. The molecule has 0 bridgehead atoms. The van der Waals surface area contributed by atoms with Crippen molar-refractivity contribution in [3.05, 3.63) is 77.9 Å². The smallest absolute Gasteiger partial charge is 0.251 e. The Balaban J connectivity index is 1.71. The maximum Gasteiger partial charge on any atom is 0.251 e. The van der Waals surface area contributed by atoms with Gasteiger partial charge in [0.05, 0.1) is 12.1 Å². The first-order valence-corrected chi connectivity index (χ1v) is 17.4. The number of aliphatic hydroxyl groups excluding tert-OH is 1. The molecule has 2 aliphatic heterocycles. The number of nitrogens with one attached hydrogen (secondary N) is 5. The summed E-state index contributed by atoms with van der Waals surface area (Å²) in [5, 5.41) is 34.4. The van der Waals surface area contributed by atoms with Gasteiger partial charge in [-0.1, -0.05) is 48.5 Å². The van der Waals surface area contributed by atoms with Crippen molar-refractivity contribution in [3.8, 4) is 5.75 Å². The fourth-order valence-electron chi connectivity index (χ4n) is 6.21. The number of aromatic hydroxyl groups is 1. The molecule has 0 aromatic heterocycles. The molecule has 11 N–H and O–H groups in total. The number of aliphatic hydroxyl groups is 1. The van der Waals surface area contributed by atoms with Crippen molar-refractivity contribution in [2.24, 2.45) is 16.5 Å². The van der Waals surface area contributed by atoms with E-state index < -0.39 is 65.8 Å². The zero-order valence-electron chi connectivity index (χ0n) is 29.1. The monoisotopic (exact) mass is 733 g/mol. The van der Waals surface area contributed by atoms with Crippen molar-refractivity contribution < 1.29 is 39.0 Å². The Hall–Kier alpha value is -5.97. The largest absolute Gasteiger partial charge is 0.508 e. The lowest BCUT2D eigenvalue weighted by atomic mass is 10.0. The number of guanidine groups is 1. The molecule has 0 aliphatic carbocycles. The molecule has 2 aliphatic rings. The molecule has 1 fully saturated rings. The molecule has 0 spiro atoms. The Kier molecular flexibility index (Phi) is 14.7. The molecule has 4 rings (SSSR count). The normalized spacial score (nSPS) is 25.2. The molecule has 2 aromatic rings. The van der Waals surface area contributed by atoms with Crippen LogP contribution in [0.2, 0.25) is 0 Å². The van der Waals surface area contributed by atoms with Crippen LogP contribution in [0.5, 0.6) is 5.75 Å². The fourth-order valence-corrected chi connectivity index (χ4v) is 6.21. The van der Waals surface area contributed by atoms with Crippen LogP contribution in [0.15, 0.2) is 71.7 Å². The maximum atomic E-state index is 14.0. The van der Waals surface area contributed by atoms with Gasteiger partial charge < -0.3 is 53.2 Å². The van der Waals surface area contributed by atoms with E-state index in [0.717, 1.165) is 0 Å². The minimum absolute atomic E-state index is 0.0348. The first-order valence-electron chi connectivity index (χ1n) is 17.4. The molecule has 6 atom stereocenters. The number of phenols is 1. The van der Waals surface area contributed by atoms with Gasteiger partial charge in [-0.2, -0.15) is 0 Å². The van der Waals surface area contributed by atoms with E-state index in [1.165, 1.54) is 29.2 Å². The third kappa shape index (κ3) is 12.1. The predicted octanol–water partition coefficient (Wildman–Crippen LogP) is -2.16. The SMILES string of the molecule is NC(N)=NCCCC1NC(=O)[C@@H]2CCCN2C(=O)[C@@H](NC=O)CNC(=O)/C=C/C(Cc2ccc(O)cc2)NC(=O)[C@@H](Cc2ccccc2)NC(=O)[C@@H]1O. The summed E-state index contributed by atoms with van der Waals surface area (Å²) in [6.07, 6.45) is 2.35. The molecule has 2 unspecified atom stereocenters. The second-order valence-corrected chi connectivity index (χ2v) is 12.9. The molecule has 1 saturated heterocycles. The molecule has 2 aromatic carbocycles. The molecule has 0 saturated carbocycles. The van der Waals surface area contributed by atoms with Gasteiger partial charge in [0.1, 0.15) is 23.9 Å². The summed E-state index contributed by atoms with van der Waals surface area (Å²) in [5.74, 6) is -3.56. The number of hydrogen-bond acceptors (Lipinski definition) is 9. The first-order chi connectivity index (χ1) is 25.4. The van der Waals surface area contributed by atoms with Crippen molar-refractivity contribution in [1.82, 2.24) is 31.5 Å². The van der Waals surface area contributed by atoms with E-state index in [1.807, 2.05) is 0 Å². The second kappa shape index (κ2) is 19.6. The number of nitrogens with zero attached hydrogens (tertiary/aromatic N) is 2. The third-order valence-electron chi connectivity index (χ3n) is 8.95. The fraction of sp³-hybridized carbons (Fsp3) is 0.417. The molecule has 53 heavy (non-hydrogen) atoms. The van der Waals surface area contributed by atoms with Crippen molar-refractivity contribution >= 4 is 41.9 Å². The van der Waals surface area contributed by atoms with E-state index in [9.17, 15) is 39.0 Å². The highest BCUT2D eigenvalue weighted by Gasteiger charge is 2.39. The van der Waals surface area contributed by atoms with Gasteiger partial charge in [-0.3, -0.25) is 33.8 Å². The average molecular weight is 734 g/mol.